The number of pyridine rings is 1. The number of nitrogens with zero attached hydrogens (tertiary/aromatic N) is 3. The van der Waals surface area contributed by atoms with Gasteiger partial charge < -0.3 is 15.5 Å². The Kier molecular flexibility index (Phi) is 8.56. The van der Waals surface area contributed by atoms with Gasteiger partial charge in [-0.3, -0.25) is 14.6 Å². The van der Waals surface area contributed by atoms with Gasteiger partial charge in [-0.25, -0.2) is 5.10 Å². The maximum Gasteiger partial charge on any atom is 0.288 e. The Hall–Kier alpha value is -4.82. The lowest BCUT2D eigenvalue weighted by molar-refractivity contribution is 0.0946. The Labute approximate surface area is 251 Å². The van der Waals surface area contributed by atoms with Crippen molar-refractivity contribution in [1.29, 1.82) is 0 Å². The van der Waals surface area contributed by atoms with Crippen LogP contribution < -0.4 is 16.2 Å². The summed E-state index contributed by atoms with van der Waals surface area (Å²) in [6.07, 6.45) is 7.95. The van der Waals surface area contributed by atoms with E-state index in [-0.39, 0.29) is 11.5 Å². The van der Waals surface area contributed by atoms with E-state index in [4.69, 9.17) is 0 Å². The summed E-state index contributed by atoms with van der Waals surface area (Å²) in [6, 6.07) is 23.7. The van der Waals surface area contributed by atoms with Gasteiger partial charge in [-0.05, 0) is 61.7 Å². The molecule has 6 rings (SSSR count). The zero-order valence-electron chi connectivity index (χ0n) is 24.4. The van der Waals surface area contributed by atoms with E-state index in [1.165, 1.54) is 19.3 Å². The number of nitrogens with one attached hydrogen (secondary N) is 3. The van der Waals surface area contributed by atoms with Gasteiger partial charge in [0, 0.05) is 46.7 Å². The molecule has 0 radical (unpaired) electrons. The number of rotatable bonds is 9. The molecule has 0 unspecified atom stereocenters. The number of hydrogen-bond donors (Lipinski definition) is 3. The van der Waals surface area contributed by atoms with Crippen LogP contribution in [0.4, 0.5) is 11.4 Å². The van der Waals surface area contributed by atoms with E-state index in [1.807, 2.05) is 79.9 Å². The molecule has 0 bridgehead atoms. The highest BCUT2D eigenvalue weighted by Gasteiger charge is 2.17. The molecule has 2 aromatic heterocycles. The number of benzene rings is 3. The SMILES string of the molecule is CCc1c(-c2cccc(-c3ccc(C(=O)NCCN4CCCCC4)cc3)c2)n[nH]c(=O)c1Nc1cncc2ccccc12. The Morgan fingerprint density at radius 2 is 1.70 bits per heavy atom. The highest BCUT2D eigenvalue weighted by atomic mass is 16.1. The molecule has 1 fully saturated rings. The minimum Gasteiger partial charge on any atom is -0.351 e. The van der Waals surface area contributed by atoms with Crippen LogP contribution in [-0.4, -0.2) is 52.2 Å². The number of carbonyl (C=O) groups is 1. The number of aromatic nitrogens is 3. The van der Waals surface area contributed by atoms with Crippen LogP contribution in [-0.2, 0) is 6.42 Å². The number of anilines is 2. The van der Waals surface area contributed by atoms with Crippen molar-refractivity contribution in [2.24, 2.45) is 0 Å². The van der Waals surface area contributed by atoms with Gasteiger partial charge >= 0.3 is 0 Å². The molecule has 218 valence electrons. The predicted octanol–water partition coefficient (Wildman–Crippen LogP) is 6.17. The largest absolute Gasteiger partial charge is 0.351 e. The van der Waals surface area contributed by atoms with Crippen LogP contribution in [0.1, 0.15) is 42.1 Å². The number of aromatic amines is 1. The van der Waals surface area contributed by atoms with Crippen molar-refractivity contribution in [2.75, 3.05) is 31.5 Å². The van der Waals surface area contributed by atoms with Gasteiger partial charge in [0.1, 0.15) is 5.69 Å². The van der Waals surface area contributed by atoms with E-state index in [1.54, 1.807) is 6.20 Å². The molecule has 1 saturated heterocycles. The van der Waals surface area contributed by atoms with Crippen LogP contribution >= 0.6 is 0 Å². The van der Waals surface area contributed by atoms with Crippen molar-refractivity contribution in [2.45, 2.75) is 32.6 Å². The Balaban J connectivity index is 1.22. The van der Waals surface area contributed by atoms with Crippen LogP contribution in [0.5, 0.6) is 0 Å². The summed E-state index contributed by atoms with van der Waals surface area (Å²) in [7, 11) is 0. The van der Waals surface area contributed by atoms with Crippen molar-refractivity contribution >= 4 is 28.1 Å². The van der Waals surface area contributed by atoms with Crippen LogP contribution in [0.2, 0.25) is 0 Å². The van der Waals surface area contributed by atoms with Crippen LogP contribution in [0.15, 0.2) is 90.0 Å². The third-order valence-corrected chi connectivity index (χ3v) is 8.14. The van der Waals surface area contributed by atoms with E-state index in [0.717, 1.165) is 58.3 Å². The lowest BCUT2D eigenvalue weighted by Gasteiger charge is -2.26. The molecule has 0 saturated carbocycles. The van der Waals surface area contributed by atoms with E-state index in [9.17, 15) is 9.59 Å². The van der Waals surface area contributed by atoms with Crippen molar-refractivity contribution in [3.63, 3.8) is 0 Å². The minimum absolute atomic E-state index is 0.0521. The molecule has 1 aliphatic rings. The first-order valence-electron chi connectivity index (χ1n) is 15.0. The van der Waals surface area contributed by atoms with E-state index in [2.05, 4.69) is 36.8 Å². The summed E-state index contributed by atoms with van der Waals surface area (Å²) in [5, 5.41) is 15.5. The first-order valence-corrected chi connectivity index (χ1v) is 15.0. The highest BCUT2D eigenvalue weighted by Crippen LogP contribution is 2.32. The van der Waals surface area contributed by atoms with Gasteiger partial charge in [0.15, 0.2) is 0 Å². The second-order valence-corrected chi connectivity index (χ2v) is 11.0. The van der Waals surface area contributed by atoms with E-state index in [0.29, 0.717) is 29.9 Å². The van der Waals surface area contributed by atoms with Gasteiger partial charge in [-0.1, -0.05) is 67.9 Å². The molecular formula is C35H36N6O2. The Bertz CT molecular complexity index is 1790. The molecule has 8 nitrogen and oxygen atoms in total. The molecule has 8 heteroatoms. The van der Waals surface area contributed by atoms with Crippen molar-refractivity contribution < 1.29 is 4.79 Å². The number of H-pyrrole nitrogens is 1. The third kappa shape index (κ3) is 6.34. The first kappa shape index (κ1) is 28.3. The highest BCUT2D eigenvalue weighted by molar-refractivity contribution is 5.95. The van der Waals surface area contributed by atoms with Gasteiger partial charge in [-0.2, -0.15) is 5.10 Å². The number of amides is 1. The molecule has 0 spiro atoms. The van der Waals surface area contributed by atoms with Crippen LogP contribution in [0.25, 0.3) is 33.2 Å². The Morgan fingerprint density at radius 3 is 2.51 bits per heavy atom. The van der Waals surface area contributed by atoms with E-state index >= 15 is 0 Å². The predicted molar refractivity (Wildman–Crippen MR) is 173 cm³/mol. The topological polar surface area (TPSA) is 103 Å². The summed E-state index contributed by atoms with van der Waals surface area (Å²) < 4.78 is 0. The smallest absolute Gasteiger partial charge is 0.288 e. The average Bonchev–Trinajstić information content (AvgIpc) is 3.06. The normalized spacial score (nSPS) is 13.6. The lowest BCUT2D eigenvalue weighted by Crippen LogP contribution is -2.37. The molecule has 1 aliphatic heterocycles. The zero-order chi connectivity index (χ0) is 29.6. The van der Waals surface area contributed by atoms with Crippen molar-refractivity contribution in [1.82, 2.24) is 25.4 Å². The number of hydrogen-bond acceptors (Lipinski definition) is 6. The maximum atomic E-state index is 13.0. The second kappa shape index (κ2) is 13.0. The fourth-order valence-electron chi connectivity index (χ4n) is 5.82. The molecule has 3 aromatic carbocycles. The number of fused-ring (bicyclic) bond motifs is 1. The molecular weight excluding hydrogens is 536 g/mol. The standard InChI is InChI=1S/C35H36N6O2/c1-2-29-32(39-40-35(43)33(29)38-31-23-36-22-28-9-4-5-12-30(28)31)27-11-8-10-26(21-27)24-13-15-25(16-14-24)34(42)37-17-20-41-18-6-3-7-19-41/h4-5,8-16,21-23H,2-3,6-7,17-20H2,1H3,(H,37,42)(H,38,39)(H,40,43). The summed E-state index contributed by atoms with van der Waals surface area (Å²) >= 11 is 0. The summed E-state index contributed by atoms with van der Waals surface area (Å²) in [5.41, 5.74) is 6.01. The maximum absolute atomic E-state index is 13.0. The first-order chi connectivity index (χ1) is 21.1. The quantitative estimate of drug-likeness (QED) is 0.195. The van der Waals surface area contributed by atoms with Crippen molar-refractivity contribution in [3.05, 3.63) is 107 Å². The molecule has 43 heavy (non-hydrogen) atoms. The minimum atomic E-state index is -0.283. The number of piperidine rings is 1. The Morgan fingerprint density at radius 1 is 0.907 bits per heavy atom. The molecule has 0 atom stereocenters. The van der Waals surface area contributed by atoms with Crippen LogP contribution in [0, 0.1) is 0 Å². The van der Waals surface area contributed by atoms with E-state index < -0.39 is 0 Å². The molecule has 1 amide bonds. The third-order valence-electron chi connectivity index (χ3n) is 8.14. The summed E-state index contributed by atoms with van der Waals surface area (Å²) in [5.74, 6) is -0.0521. The van der Waals surface area contributed by atoms with Gasteiger partial charge in [-0.15, -0.1) is 0 Å². The fourth-order valence-corrected chi connectivity index (χ4v) is 5.82. The molecule has 5 aromatic rings. The van der Waals surface area contributed by atoms with Gasteiger partial charge in [0.25, 0.3) is 11.5 Å². The van der Waals surface area contributed by atoms with Gasteiger partial charge in [0.2, 0.25) is 0 Å². The number of carbonyl (C=O) groups excluding carboxylic acids is 1. The molecule has 3 N–H and O–H groups in total. The monoisotopic (exact) mass is 572 g/mol. The van der Waals surface area contributed by atoms with Crippen LogP contribution in [0.3, 0.4) is 0 Å². The molecule has 3 heterocycles. The molecule has 0 aliphatic carbocycles. The average molecular weight is 573 g/mol. The van der Waals surface area contributed by atoms with Gasteiger partial charge in [0.05, 0.1) is 17.6 Å². The lowest BCUT2D eigenvalue weighted by atomic mass is 9.97. The number of likely N-dealkylation sites (tertiary alicyclic amines) is 1. The zero-order valence-corrected chi connectivity index (χ0v) is 24.4. The van der Waals surface area contributed by atoms with Crippen molar-refractivity contribution in [3.8, 4) is 22.4 Å². The summed E-state index contributed by atoms with van der Waals surface area (Å²) in [4.78, 5) is 32.5. The second-order valence-electron chi connectivity index (χ2n) is 11.0. The summed E-state index contributed by atoms with van der Waals surface area (Å²) in [6.45, 7) is 5.81. The fraction of sp³-hybridized carbons (Fsp3) is 0.257.